The van der Waals surface area contributed by atoms with Crippen molar-refractivity contribution in [1.29, 1.82) is 5.26 Å². The van der Waals surface area contributed by atoms with Gasteiger partial charge >= 0.3 is 0 Å². The summed E-state index contributed by atoms with van der Waals surface area (Å²) in [5, 5.41) is 16.1. The molecule has 1 rings (SSSR count). The highest BCUT2D eigenvalue weighted by molar-refractivity contribution is 5.35. The zero-order valence-electron chi connectivity index (χ0n) is 7.81. The Hall–Kier alpha value is -1.89. The number of hydrogen-bond acceptors (Lipinski definition) is 4. The van der Waals surface area contributed by atoms with E-state index in [9.17, 15) is 0 Å². The molecule has 0 spiro atoms. The third-order valence-electron chi connectivity index (χ3n) is 1.60. The predicted molar refractivity (Wildman–Crippen MR) is 51.7 cm³/mol. The van der Waals surface area contributed by atoms with Crippen LogP contribution in [0.25, 0.3) is 0 Å². The van der Waals surface area contributed by atoms with Gasteiger partial charge in [-0.2, -0.15) is 10.4 Å². The van der Waals surface area contributed by atoms with Crippen LogP contribution in [0.5, 0.6) is 5.88 Å². The first-order chi connectivity index (χ1) is 6.88. The van der Waals surface area contributed by atoms with Crippen molar-refractivity contribution >= 4 is 0 Å². The smallest absolute Gasteiger partial charge is 0.251 e. The zero-order valence-corrected chi connectivity index (χ0v) is 7.81. The fraction of sp³-hybridized carbons (Fsp3) is 0.300. The Morgan fingerprint density at radius 2 is 2.50 bits per heavy atom. The van der Waals surface area contributed by atoms with Crippen molar-refractivity contribution < 1.29 is 4.74 Å². The summed E-state index contributed by atoms with van der Waals surface area (Å²) in [4.78, 5) is 0. The number of ether oxygens (including phenoxy) is 1. The highest BCUT2D eigenvalue weighted by Gasteiger charge is 2.03. The molecule has 72 valence electrons. The molecule has 4 heteroatoms. The van der Waals surface area contributed by atoms with Crippen molar-refractivity contribution in [3.63, 3.8) is 0 Å². The van der Waals surface area contributed by atoms with Crippen molar-refractivity contribution in [3.8, 4) is 11.9 Å². The number of unbranched alkanes of at least 4 members (excludes halogenated alkanes) is 1. The monoisotopic (exact) mass is 189 g/mol. The fourth-order valence-electron chi connectivity index (χ4n) is 0.907. The van der Waals surface area contributed by atoms with Crippen molar-refractivity contribution in [2.24, 2.45) is 0 Å². The molecule has 0 aliphatic heterocycles. The summed E-state index contributed by atoms with van der Waals surface area (Å²) in [5.41, 5.74) is 0.415. The molecular weight excluding hydrogens is 178 g/mol. The van der Waals surface area contributed by atoms with Crippen LogP contribution in [0.1, 0.15) is 18.4 Å². The van der Waals surface area contributed by atoms with E-state index in [1.54, 1.807) is 6.07 Å². The van der Waals surface area contributed by atoms with Crippen LogP contribution >= 0.6 is 0 Å². The summed E-state index contributed by atoms with van der Waals surface area (Å²) in [7, 11) is 0. The van der Waals surface area contributed by atoms with Gasteiger partial charge in [0.2, 0.25) is 0 Å². The van der Waals surface area contributed by atoms with E-state index in [0.717, 1.165) is 12.8 Å². The highest BCUT2D eigenvalue weighted by Crippen LogP contribution is 2.11. The van der Waals surface area contributed by atoms with Crippen molar-refractivity contribution in [3.05, 3.63) is 30.5 Å². The molecule has 4 nitrogen and oxygen atoms in total. The van der Waals surface area contributed by atoms with Gasteiger partial charge in [-0.3, -0.25) is 0 Å². The molecular formula is C10H11N3O. The second-order valence-electron chi connectivity index (χ2n) is 2.64. The van der Waals surface area contributed by atoms with Crippen LogP contribution in [0.4, 0.5) is 0 Å². The molecule has 0 saturated heterocycles. The van der Waals surface area contributed by atoms with Gasteiger partial charge in [0.25, 0.3) is 5.88 Å². The number of rotatable bonds is 5. The van der Waals surface area contributed by atoms with E-state index in [1.165, 1.54) is 6.20 Å². The second-order valence-corrected chi connectivity index (χ2v) is 2.64. The molecule has 1 heterocycles. The lowest BCUT2D eigenvalue weighted by molar-refractivity contribution is 0.296. The predicted octanol–water partition coefficient (Wildman–Crippen LogP) is 1.69. The molecule has 0 aliphatic carbocycles. The molecule has 0 bridgehead atoms. The lowest BCUT2D eigenvalue weighted by atomic mass is 10.3. The zero-order chi connectivity index (χ0) is 10.2. The summed E-state index contributed by atoms with van der Waals surface area (Å²) in [6, 6.07) is 3.57. The van der Waals surface area contributed by atoms with E-state index in [0.29, 0.717) is 18.1 Å². The molecule has 1 aromatic heterocycles. The Kier molecular flexibility index (Phi) is 4.15. The first-order valence-electron chi connectivity index (χ1n) is 4.34. The van der Waals surface area contributed by atoms with Gasteiger partial charge in [0.15, 0.2) is 0 Å². The molecule has 14 heavy (non-hydrogen) atoms. The summed E-state index contributed by atoms with van der Waals surface area (Å²) in [6.45, 7) is 4.13. The van der Waals surface area contributed by atoms with Crippen LogP contribution in [-0.2, 0) is 0 Å². The Morgan fingerprint density at radius 3 is 3.21 bits per heavy atom. The van der Waals surface area contributed by atoms with Gasteiger partial charge < -0.3 is 4.74 Å². The van der Waals surface area contributed by atoms with Gasteiger partial charge in [-0.25, -0.2) is 0 Å². The number of hydrogen-bond donors (Lipinski definition) is 0. The Morgan fingerprint density at radius 1 is 1.64 bits per heavy atom. The lowest BCUT2D eigenvalue weighted by Crippen LogP contribution is -2.01. The molecule has 0 N–H and O–H groups in total. The topological polar surface area (TPSA) is 58.8 Å². The Bertz CT molecular complexity index is 343. The maximum Gasteiger partial charge on any atom is 0.251 e. The van der Waals surface area contributed by atoms with Gasteiger partial charge in [0.1, 0.15) is 11.6 Å². The molecule has 1 aromatic rings. The molecule has 0 fully saturated rings. The average Bonchev–Trinajstić information content (AvgIpc) is 2.25. The molecule has 0 aromatic carbocycles. The minimum Gasteiger partial charge on any atom is -0.476 e. The standard InChI is InChI=1S/C10H11N3O/c1-2-3-4-7-14-10-9(8-11)5-6-12-13-10/h2,5-6H,1,3-4,7H2. The second kappa shape index (κ2) is 5.70. The normalized spacial score (nSPS) is 9.07. The van der Waals surface area contributed by atoms with Gasteiger partial charge in [-0.1, -0.05) is 6.08 Å². The number of nitrogens with zero attached hydrogens (tertiary/aromatic N) is 3. The third kappa shape index (κ3) is 2.87. The fourth-order valence-corrected chi connectivity index (χ4v) is 0.907. The van der Waals surface area contributed by atoms with Crippen LogP contribution < -0.4 is 4.74 Å². The van der Waals surface area contributed by atoms with E-state index < -0.39 is 0 Å². The third-order valence-corrected chi connectivity index (χ3v) is 1.60. The summed E-state index contributed by atoms with van der Waals surface area (Å²) >= 11 is 0. The Labute approximate surface area is 82.8 Å². The molecule has 0 unspecified atom stereocenters. The number of aromatic nitrogens is 2. The van der Waals surface area contributed by atoms with E-state index in [2.05, 4.69) is 16.8 Å². The highest BCUT2D eigenvalue weighted by atomic mass is 16.5. The van der Waals surface area contributed by atoms with Gasteiger partial charge in [0.05, 0.1) is 12.8 Å². The van der Waals surface area contributed by atoms with E-state index >= 15 is 0 Å². The molecule has 0 aliphatic rings. The minimum atomic E-state index is 0.305. The molecule has 0 saturated carbocycles. The quantitative estimate of drug-likeness (QED) is 0.522. The SMILES string of the molecule is C=CCCCOc1nnccc1C#N. The van der Waals surface area contributed by atoms with E-state index in [4.69, 9.17) is 10.00 Å². The van der Waals surface area contributed by atoms with Crippen LogP contribution in [0.3, 0.4) is 0 Å². The van der Waals surface area contributed by atoms with Crippen molar-refractivity contribution in [2.75, 3.05) is 6.61 Å². The van der Waals surface area contributed by atoms with Crippen LogP contribution in [0.15, 0.2) is 24.9 Å². The maximum atomic E-state index is 8.71. The van der Waals surface area contributed by atoms with Gasteiger partial charge in [-0.05, 0) is 18.9 Å². The van der Waals surface area contributed by atoms with Crippen LogP contribution in [0.2, 0.25) is 0 Å². The molecule has 0 amide bonds. The van der Waals surface area contributed by atoms with Crippen LogP contribution in [-0.4, -0.2) is 16.8 Å². The summed E-state index contributed by atoms with van der Waals surface area (Å²) in [6.07, 6.45) is 5.05. The van der Waals surface area contributed by atoms with Gasteiger partial charge in [0, 0.05) is 0 Å². The molecule has 0 radical (unpaired) electrons. The van der Waals surface area contributed by atoms with E-state index in [1.807, 2.05) is 12.1 Å². The van der Waals surface area contributed by atoms with Crippen LogP contribution in [0, 0.1) is 11.3 Å². The summed E-state index contributed by atoms with van der Waals surface area (Å²) in [5.74, 6) is 0.305. The van der Waals surface area contributed by atoms with E-state index in [-0.39, 0.29) is 0 Å². The Balaban J connectivity index is 2.50. The summed E-state index contributed by atoms with van der Waals surface area (Å²) < 4.78 is 5.29. The first-order valence-corrected chi connectivity index (χ1v) is 4.34. The van der Waals surface area contributed by atoms with Crippen molar-refractivity contribution in [1.82, 2.24) is 10.2 Å². The number of allylic oxidation sites excluding steroid dienone is 1. The van der Waals surface area contributed by atoms with Gasteiger partial charge in [-0.15, -0.1) is 11.7 Å². The lowest BCUT2D eigenvalue weighted by Gasteiger charge is -2.03. The maximum absolute atomic E-state index is 8.71. The molecule has 0 atom stereocenters. The minimum absolute atomic E-state index is 0.305. The largest absolute Gasteiger partial charge is 0.476 e. The first kappa shape index (κ1) is 10.2. The number of nitriles is 1. The van der Waals surface area contributed by atoms with Crippen molar-refractivity contribution in [2.45, 2.75) is 12.8 Å². The average molecular weight is 189 g/mol.